The summed E-state index contributed by atoms with van der Waals surface area (Å²) >= 11 is 18.0. The molecule has 0 aliphatic carbocycles. The number of hydrogen-bond donors (Lipinski definition) is 0. The third-order valence-corrected chi connectivity index (χ3v) is 6.68. The molecule has 1 aliphatic rings. The van der Waals surface area contributed by atoms with Gasteiger partial charge in [-0.2, -0.15) is 23.5 Å². The Labute approximate surface area is 190 Å². The molecule has 5 nitrogen and oxygen atoms in total. The summed E-state index contributed by atoms with van der Waals surface area (Å²) in [4.78, 5) is 5.44. The molecule has 160 valence electrons. The Balaban J connectivity index is 1.73. The van der Waals surface area contributed by atoms with Crippen molar-refractivity contribution >= 4 is 40.5 Å². The molecule has 0 radical (unpaired) electrons. The summed E-state index contributed by atoms with van der Waals surface area (Å²) in [6.45, 7) is -0.219. The summed E-state index contributed by atoms with van der Waals surface area (Å²) in [5.41, 5.74) is -0.965. The smallest absolute Gasteiger partial charge is 0.370 e. The first-order valence-electron chi connectivity index (χ1n) is 9.02. The molecule has 4 rings (SSSR count). The van der Waals surface area contributed by atoms with Crippen LogP contribution in [0.25, 0.3) is 5.69 Å². The predicted octanol–water partition coefficient (Wildman–Crippen LogP) is 5.81. The van der Waals surface area contributed by atoms with Crippen LogP contribution in [0.1, 0.15) is 17.5 Å². The van der Waals surface area contributed by atoms with Crippen LogP contribution in [0, 0.1) is 11.3 Å². The first-order chi connectivity index (χ1) is 14.7. The molecule has 1 aromatic heterocycles. The molecule has 1 atom stereocenters. The Morgan fingerprint density at radius 1 is 1.10 bits per heavy atom. The number of halogens is 6. The van der Waals surface area contributed by atoms with Gasteiger partial charge in [-0.05, 0) is 42.3 Å². The van der Waals surface area contributed by atoms with Gasteiger partial charge in [-0.15, -0.1) is 0 Å². The first-order valence-corrected chi connectivity index (χ1v) is 10.2. The van der Waals surface area contributed by atoms with E-state index in [0.717, 1.165) is 0 Å². The van der Waals surface area contributed by atoms with E-state index in [-0.39, 0.29) is 45.7 Å². The molecule has 1 fully saturated rings. The van der Waals surface area contributed by atoms with E-state index in [1.54, 1.807) is 23.1 Å². The number of anilines is 1. The van der Waals surface area contributed by atoms with E-state index in [1.807, 2.05) is 0 Å². The van der Waals surface area contributed by atoms with Crippen LogP contribution < -0.4 is 4.90 Å². The van der Waals surface area contributed by atoms with Gasteiger partial charge in [0.25, 0.3) is 0 Å². The number of nitrogens with zero attached hydrogens (tertiary/aromatic N) is 5. The van der Waals surface area contributed by atoms with Crippen LogP contribution in [0.2, 0.25) is 15.1 Å². The normalized spacial score (nSPS) is 18.9. The van der Waals surface area contributed by atoms with E-state index in [1.165, 1.54) is 29.5 Å². The molecule has 0 N–H and O–H groups in total. The zero-order valence-corrected chi connectivity index (χ0v) is 17.9. The van der Waals surface area contributed by atoms with E-state index in [4.69, 9.17) is 34.8 Å². The summed E-state index contributed by atoms with van der Waals surface area (Å²) in [6, 6.07) is 9.35. The zero-order chi connectivity index (χ0) is 22.4. The van der Waals surface area contributed by atoms with Crippen molar-refractivity contribution < 1.29 is 13.2 Å². The number of benzene rings is 2. The number of rotatable bonds is 3. The molecule has 31 heavy (non-hydrogen) atoms. The molecule has 0 amide bonds. The molecule has 0 saturated carbocycles. The quantitative estimate of drug-likeness (QED) is 0.439. The van der Waals surface area contributed by atoms with Crippen molar-refractivity contribution in [1.29, 1.82) is 5.26 Å². The van der Waals surface area contributed by atoms with Gasteiger partial charge < -0.3 is 4.90 Å². The van der Waals surface area contributed by atoms with Gasteiger partial charge in [0.2, 0.25) is 0 Å². The van der Waals surface area contributed by atoms with E-state index >= 15 is 0 Å². The summed E-state index contributed by atoms with van der Waals surface area (Å²) in [6.07, 6.45) is -1.98. The molecule has 1 unspecified atom stereocenters. The second-order valence-corrected chi connectivity index (χ2v) is 8.35. The zero-order valence-electron chi connectivity index (χ0n) is 15.7. The summed E-state index contributed by atoms with van der Waals surface area (Å²) < 4.78 is 44.4. The Morgan fingerprint density at radius 3 is 2.39 bits per heavy atom. The van der Waals surface area contributed by atoms with Crippen molar-refractivity contribution in [3.63, 3.8) is 0 Å². The van der Waals surface area contributed by atoms with Crippen molar-refractivity contribution in [2.24, 2.45) is 0 Å². The summed E-state index contributed by atoms with van der Waals surface area (Å²) in [7, 11) is 0. The molecule has 0 bridgehead atoms. The summed E-state index contributed by atoms with van der Waals surface area (Å²) in [5, 5.41) is 13.5. The third-order valence-electron chi connectivity index (χ3n) is 5.48. The van der Waals surface area contributed by atoms with Crippen molar-refractivity contribution in [2.45, 2.75) is 18.0 Å². The molecule has 3 aromatic rings. The Kier molecular flexibility index (Phi) is 5.54. The fraction of sp³-hybridized carbons (Fsp3) is 0.250. The first kappa shape index (κ1) is 21.8. The molecule has 2 aromatic carbocycles. The average molecular weight is 487 g/mol. The van der Waals surface area contributed by atoms with Crippen LogP contribution >= 0.6 is 34.8 Å². The number of hydrogen-bond acceptors (Lipinski definition) is 4. The second-order valence-electron chi connectivity index (χ2n) is 7.16. The molecule has 2 heterocycles. The van der Waals surface area contributed by atoms with Crippen LogP contribution in [0.3, 0.4) is 0 Å². The monoisotopic (exact) mass is 485 g/mol. The van der Waals surface area contributed by atoms with E-state index in [2.05, 4.69) is 16.2 Å². The lowest BCUT2D eigenvalue weighted by atomic mass is 9.79. The fourth-order valence-corrected chi connectivity index (χ4v) is 4.43. The van der Waals surface area contributed by atoms with Gasteiger partial charge in [0, 0.05) is 18.8 Å². The van der Waals surface area contributed by atoms with E-state index in [9.17, 15) is 18.4 Å². The number of nitriles is 1. The van der Waals surface area contributed by atoms with Crippen LogP contribution in [0.15, 0.2) is 43.0 Å². The van der Waals surface area contributed by atoms with Gasteiger partial charge in [0.1, 0.15) is 24.1 Å². The minimum absolute atomic E-state index is 0.0154. The maximum atomic E-state index is 14.3. The van der Waals surface area contributed by atoms with Crippen LogP contribution in [0.4, 0.5) is 18.9 Å². The maximum absolute atomic E-state index is 14.3. The lowest BCUT2D eigenvalue weighted by Crippen LogP contribution is -2.45. The second kappa shape index (κ2) is 7.90. The van der Waals surface area contributed by atoms with Crippen molar-refractivity contribution in [1.82, 2.24) is 14.8 Å². The highest BCUT2D eigenvalue weighted by atomic mass is 35.5. The highest BCUT2D eigenvalue weighted by Crippen LogP contribution is 2.50. The van der Waals surface area contributed by atoms with Gasteiger partial charge in [-0.3, -0.25) is 0 Å². The molecule has 1 saturated heterocycles. The predicted molar refractivity (Wildman–Crippen MR) is 112 cm³/mol. The Hall–Kier alpha value is -2.47. The van der Waals surface area contributed by atoms with Crippen LogP contribution in [-0.2, 0) is 5.41 Å². The Morgan fingerprint density at radius 2 is 1.81 bits per heavy atom. The number of alkyl halides is 3. The lowest BCUT2D eigenvalue weighted by Gasteiger charge is -2.33. The minimum atomic E-state index is -4.55. The highest BCUT2D eigenvalue weighted by molar-refractivity contribution is 6.48. The molecular weight excluding hydrogens is 474 g/mol. The van der Waals surface area contributed by atoms with Gasteiger partial charge in [-0.1, -0.05) is 34.8 Å². The van der Waals surface area contributed by atoms with Gasteiger partial charge in [-0.25, -0.2) is 9.67 Å². The van der Waals surface area contributed by atoms with Crippen LogP contribution in [0.5, 0.6) is 0 Å². The van der Waals surface area contributed by atoms with Crippen molar-refractivity contribution in [2.75, 3.05) is 18.0 Å². The Bertz CT molecular complexity index is 1150. The highest BCUT2D eigenvalue weighted by Gasteiger charge is 2.59. The van der Waals surface area contributed by atoms with E-state index < -0.39 is 11.6 Å². The van der Waals surface area contributed by atoms with Crippen molar-refractivity contribution in [3.8, 4) is 11.8 Å². The van der Waals surface area contributed by atoms with E-state index in [0.29, 0.717) is 11.4 Å². The third kappa shape index (κ3) is 3.71. The van der Waals surface area contributed by atoms with Crippen molar-refractivity contribution in [3.05, 3.63) is 69.2 Å². The molecule has 11 heteroatoms. The standard InChI is InChI=1S/C20H13Cl3F3N5/c21-15-6-13(7-16(22)18(15)23)19(20(24,25)26)3-4-30(9-19)14-1-2-17(12(5-14)8-27)31-11-28-10-29-31/h1-2,5-7,10-11H,3-4,9H2. The minimum Gasteiger partial charge on any atom is -0.370 e. The lowest BCUT2D eigenvalue weighted by molar-refractivity contribution is -0.184. The fourth-order valence-electron chi connectivity index (χ4n) is 3.84. The van der Waals surface area contributed by atoms with Crippen LogP contribution in [-0.4, -0.2) is 34.0 Å². The summed E-state index contributed by atoms with van der Waals surface area (Å²) in [5.74, 6) is 0. The topological polar surface area (TPSA) is 57.7 Å². The SMILES string of the molecule is N#Cc1cc(N2CCC(c3cc(Cl)c(Cl)c(Cl)c3)(C(F)(F)F)C2)ccc1-n1cncn1. The van der Waals surface area contributed by atoms with Gasteiger partial charge >= 0.3 is 6.18 Å². The molecule has 0 spiro atoms. The molecule has 1 aliphatic heterocycles. The largest absolute Gasteiger partial charge is 0.400 e. The maximum Gasteiger partial charge on any atom is 0.400 e. The van der Waals surface area contributed by atoms with Gasteiger partial charge in [0.15, 0.2) is 0 Å². The molecular formula is C20H13Cl3F3N5. The van der Waals surface area contributed by atoms with Gasteiger partial charge in [0.05, 0.1) is 26.3 Å². The number of aromatic nitrogens is 3. The average Bonchev–Trinajstić information content (AvgIpc) is 3.41.